The topological polar surface area (TPSA) is 155 Å². The summed E-state index contributed by atoms with van der Waals surface area (Å²) in [7, 11) is -4.75. The van der Waals surface area contributed by atoms with E-state index >= 15 is 0 Å². The molecular formula is C56H99O11P. The third-order valence-corrected chi connectivity index (χ3v) is 12.4. The Kier molecular flexibility index (Phi) is 48.5. The van der Waals surface area contributed by atoms with Crippen molar-refractivity contribution in [1.82, 2.24) is 0 Å². The fourth-order valence-corrected chi connectivity index (χ4v) is 8.07. The Hall–Kier alpha value is -2.82. The van der Waals surface area contributed by atoms with Crippen LogP contribution in [0.2, 0.25) is 0 Å². The highest BCUT2D eigenvalue weighted by molar-refractivity contribution is 7.47. The predicted molar refractivity (Wildman–Crippen MR) is 279 cm³/mol. The number of hydrogen-bond donors (Lipinski definition) is 2. The Labute approximate surface area is 415 Å². The SMILES string of the molecule is CC/C=C\C/C=C\C/C=C\CCCCCCCC(=O)OC(COC(=O)CCCCCCCCCCCCC)COP(=O)(O)OCC(CO)OC(=O)CCCCCCC/C=C\C/C=C\CCCCC. The summed E-state index contributed by atoms with van der Waals surface area (Å²) in [6.45, 7) is 4.46. The van der Waals surface area contributed by atoms with Crippen LogP contribution in [0.4, 0.5) is 0 Å². The van der Waals surface area contributed by atoms with Crippen molar-refractivity contribution in [3.8, 4) is 0 Å². The van der Waals surface area contributed by atoms with Crippen LogP contribution >= 0.6 is 7.82 Å². The maximum Gasteiger partial charge on any atom is 0.472 e. The van der Waals surface area contributed by atoms with E-state index in [0.717, 1.165) is 116 Å². The van der Waals surface area contributed by atoms with Gasteiger partial charge in [0, 0.05) is 19.3 Å². The summed E-state index contributed by atoms with van der Waals surface area (Å²) >= 11 is 0. The van der Waals surface area contributed by atoms with Crippen LogP contribution in [0.5, 0.6) is 0 Å². The van der Waals surface area contributed by atoms with Gasteiger partial charge >= 0.3 is 25.7 Å². The second-order valence-corrected chi connectivity index (χ2v) is 19.5. The molecule has 0 fully saturated rings. The average molecular weight is 979 g/mol. The highest BCUT2D eigenvalue weighted by atomic mass is 31.2. The molecule has 0 aliphatic heterocycles. The van der Waals surface area contributed by atoms with Gasteiger partial charge in [-0.2, -0.15) is 0 Å². The smallest absolute Gasteiger partial charge is 0.462 e. The number of hydrogen-bond acceptors (Lipinski definition) is 10. The van der Waals surface area contributed by atoms with Crippen LogP contribution < -0.4 is 0 Å². The molecule has 12 heteroatoms. The van der Waals surface area contributed by atoms with Crippen molar-refractivity contribution in [2.45, 2.75) is 251 Å². The van der Waals surface area contributed by atoms with Gasteiger partial charge in [0.15, 0.2) is 6.10 Å². The fraction of sp³-hybridized carbons (Fsp3) is 0.768. The standard InChI is InChI=1S/C56H99O11P/c1-4-7-10-13-16-19-22-24-26-28-31-34-37-40-43-46-55(59)66-52(48-57)50-64-68(61,62)65-51-53(49-63-54(58)45-42-39-36-33-30-21-18-15-12-9-6-3)67-56(60)47-44-41-38-35-32-29-27-25-23-20-17-14-11-8-5-2/h8,11,16-17,19-20,24-27,52-53,57H,4-7,9-10,12-15,18,21-23,28-51H2,1-3H3,(H,61,62)/b11-8-,19-16-,20-17-,26-24-,27-25-. The highest BCUT2D eigenvalue weighted by Gasteiger charge is 2.28. The molecule has 0 heterocycles. The van der Waals surface area contributed by atoms with Gasteiger partial charge in [0.05, 0.1) is 19.8 Å². The first-order valence-corrected chi connectivity index (χ1v) is 28.7. The van der Waals surface area contributed by atoms with E-state index in [1.165, 1.54) is 64.2 Å². The number of allylic oxidation sites excluding steroid dienone is 10. The molecule has 0 aromatic carbocycles. The number of phosphoric ester groups is 1. The van der Waals surface area contributed by atoms with Crippen LogP contribution in [0.25, 0.3) is 0 Å². The maximum absolute atomic E-state index is 12.9. The Morgan fingerprint density at radius 1 is 0.426 bits per heavy atom. The number of aliphatic hydroxyl groups is 1. The van der Waals surface area contributed by atoms with E-state index in [9.17, 15) is 28.9 Å². The van der Waals surface area contributed by atoms with Crippen LogP contribution in [-0.2, 0) is 42.2 Å². The third-order valence-electron chi connectivity index (χ3n) is 11.4. The molecule has 0 saturated heterocycles. The van der Waals surface area contributed by atoms with E-state index in [1.807, 2.05) is 0 Å². The molecule has 2 N–H and O–H groups in total. The summed E-state index contributed by atoms with van der Waals surface area (Å²) in [5.74, 6) is -1.49. The van der Waals surface area contributed by atoms with Crippen molar-refractivity contribution in [2.75, 3.05) is 26.4 Å². The fourth-order valence-electron chi connectivity index (χ4n) is 7.28. The van der Waals surface area contributed by atoms with Gasteiger partial charge in [-0.3, -0.25) is 23.4 Å². The maximum atomic E-state index is 12.9. The van der Waals surface area contributed by atoms with Gasteiger partial charge in [0.2, 0.25) is 0 Å². The summed E-state index contributed by atoms with van der Waals surface area (Å²) in [6.07, 6.45) is 53.2. The number of carbonyl (C=O) groups is 3. The molecule has 0 aromatic heterocycles. The first-order chi connectivity index (χ1) is 33.2. The lowest BCUT2D eigenvalue weighted by molar-refractivity contribution is -0.161. The minimum Gasteiger partial charge on any atom is -0.462 e. The Morgan fingerprint density at radius 3 is 1.21 bits per heavy atom. The Morgan fingerprint density at radius 2 is 0.765 bits per heavy atom. The lowest BCUT2D eigenvalue weighted by atomic mass is 10.1. The van der Waals surface area contributed by atoms with Crippen LogP contribution in [0, 0.1) is 0 Å². The number of rotatable bonds is 50. The molecule has 68 heavy (non-hydrogen) atoms. The molecule has 0 aromatic rings. The summed E-state index contributed by atoms with van der Waals surface area (Å²) in [5.41, 5.74) is 0. The molecule has 394 valence electrons. The van der Waals surface area contributed by atoms with Crippen molar-refractivity contribution < 1.29 is 52.2 Å². The summed E-state index contributed by atoms with van der Waals surface area (Å²) < 4.78 is 39.4. The number of ether oxygens (including phenoxy) is 3. The zero-order chi connectivity index (χ0) is 49.9. The van der Waals surface area contributed by atoms with Crippen molar-refractivity contribution in [2.24, 2.45) is 0 Å². The van der Waals surface area contributed by atoms with E-state index < -0.39 is 57.8 Å². The van der Waals surface area contributed by atoms with Gasteiger partial charge in [0.25, 0.3) is 0 Å². The molecule has 3 atom stereocenters. The van der Waals surface area contributed by atoms with Crippen molar-refractivity contribution in [1.29, 1.82) is 0 Å². The molecule has 0 aliphatic rings. The first kappa shape index (κ1) is 65.2. The highest BCUT2D eigenvalue weighted by Crippen LogP contribution is 2.43. The molecule has 3 unspecified atom stereocenters. The van der Waals surface area contributed by atoms with Gasteiger partial charge in [0.1, 0.15) is 12.7 Å². The molecular weight excluding hydrogens is 880 g/mol. The predicted octanol–water partition coefficient (Wildman–Crippen LogP) is 15.6. The third kappa shape index (κ3) is 48.2. The molecule has 0 radical (unpaired) electrons. The van der Waals surface area contributed by atoms with Gasteiger partial charge in [-0.25, -0.2) is 4.57 Å². The minimum atomic E-state index is -4.75. The van der Waals surface area contributed by atoms with E-state index in [1.54, 1.807) is 0 Å². The van der Waals surface area contributed by atoms with Crippen LogP contribution in [0.15, 0.2) is 60.8 Å². The monoisotopic (exact) mass is 979 g/mol. The average Bonchev–Trinajstić information content (AvgIpc) is 3.32. The van der Waals surface area contributed by atoms with Crippen molar-refractivity contribution in [3.05, 3.63) is 60.8 Å². The lowest BCUT2D eigenvalue weighted by Crippen LogP contribution is -2.30. The van der Waals surface area contributed by atoms with E-state index in [0.29, 0.717) is 19.3 Å². The van der Waals surface area contributed by atoms with Gasteiger partial charge in [-0.15, -0.1) is 0 Å². The second kappa shape index (κ2) is 50.6. The molecule has 0 spiro atoms. The van der Waals surface area contributed by atoms with E-state index in [-0.39, 0.29) is 25.9 Å². The van der Waals surface area contributed by atoms with Gasteiger partial charge < -0.3 is 24.2 Å². The molecule has 0 rings (SSSR count). The zero-order valence-electron chi connectivity index (χ0n) is 43.3. The number of unbranched alkanes of at least 4 members (excludes halogenated alkanes) is 23. The first-order valence-electron chi connectivity index (χ1n) is 27.2. The van der Waals surface area contributed by atoms with Crippen molar-refractivity contribution in [3.63, 3.8) is 0 Å². The van der Waals surface area contributed by atoms with Crippen LogP contribution in [-0.4, -0.2) is 66.5 Å². The Balaban J connectivity index is 4.73. The normalized spacial score (nSPS) is 13.9. The quantitative estimate of drug-likeness (QED) is 0.0197. The van der Waals surface area contributed by atoms with Gasteiger partial charge in [-0.1, -0.05) is 197 Å². The summed E-state index contributed by atoms with van der Waals surface area (Å²) in [5, 5.41) is 9.79. The number of esters is 3. The number of aliphatic hydroxyl groups excluding tert-OH is 1. The number of phosphoric acid groups is 1. The molecule has 0 saturated carbocycles. The second-order valence-electron chi connectivity index (χ2n) is 18.0. The molecule has 0 bridgehead atoms. The van der Waals surface area contributed by atoms with Crippen LogP contribution in [0.3, 0.4) is 0 Å². The number of carbonyl (C=O) groups excluding carboxylic acids is 3. The summed E-state index contributed by atoms with van der Waals surface area (Å²) in [6, 6.07) is 0. The molecule has 11 nitrogen and oxygen atoms in total. The zero-order valence-corrected chi connectivity index (χ0v) is 44.2. The van der Waals surface area contributed by atoms with Crippen molar-refractivity contribution >= 4 is 25.7 Å². The summed E-state index contributed by atoms with van der Waals surface area (Å²) in [4.78, 5) is 48.4. The lowest BCUT2D eigenvalue weighted by Gasteiger charge is -2.21. The Bertz CT molecular complexity index is 1370. The van der Waals surface area contributed by atoms with E-state index in [2.05, 4.69) is 81.5 Å². The van der Waals surface area contributed by atoms with E-state index in [4.69, 9.17) is 23.3 Å². The molecule has 0 aliphatic carbocycles. The largest absolute Gasteiger partial charge is 0.472 e. The van der Waals surface area contributed by atoms with Gasteiger partial charge in [-0.05, 0) is 83.5 Å². The van der Waals surface area contributed by atoms with Crippen LogP contribution in [0.1, 0.15) is 239 Å². The molecule has 0 amide bonds. The minimum absolute atomic E-state index is 0.148.